The molecule has 4 rings (SSSR count). The number of rotatable bonds is 8. The third-order valence-electron chi connectivity index (χ3n) is 6.14. The summed E-state index contributed by atoms with van der Waals surface area (Å²) in [6.07, 6.45) is 0.789. The van der Waals surface area contributed by atoms with Gasteiger partial charge in [0.15, 0.2) is 6.54 Å². The van der Waals surface area contributed by atoms with E-state index in [1.165, 1.54) is 16.2 Å². The van der Waals surface area contributed by atoms with Crippen molar-refractivity contribution in [2.45, 2.75) is 12.5 Å². The Morgan fingerprint density at radius 2 is 1.56 bits per heavy atom. The third kappa shape index (κ3) is 5.89. The smallest absolute Gasteiger partial charge is 0.275 e. The number of methoxy groups -OCH3 is 1. The lowest BCUT2D eigenvalue weighted by Crippen LogP contribution is -3.16. The summed E-state index contributed by atoms with van der Waals surface area (Å²) in [5.41, 5.74) is 3.58. The Labute approximate surface area is 190 Å². The summed E-state index contributed by atoms with van der Waals surface area (Å²) in [5, 5.41) is 3.30. The second-order valence-corrected chi connectivity index (χ2v) is 8.33. The Kier molecular flexibility index (Phi) is 7.41. The molecule has 1 fully saturated rings. The van der Waals surface area contributed by atoms with Crippen LogP contribution in [0.4, 0.5) is 5.69 Å². The first-order chi connectivity index (χ1) is 15.7. The number of carbonyl (C=O) groups excluding carboxylic acids is 1. The fourth-order valence-corrected chi connectivity index (χ4v) is 4.31. The van der Waals surface area contributed by atoms with E-state index in [0.717, 1.165) is 43.9 Å². The average molecular weight is 431 g/mol. The molecule has 0 bridgehead atoms. The molecule has 2 N–H and O–H groups in total. The Balaban J connectivity index is 1.32. The average Bonchev–Trinajstić information content (AvgIpc) is 2.85. The quantitative estimate of drug-likeness (QED) is 0.577. The molecule has 1 saturated heterocycles. The summed E-state index contributed by atoms with van der Waals surface area (Å²) in [6.45, 7) is 4.30. The SMILES string of the molecule is COc1ccc(N2CC[NH+](CC(=O)N[C@@H](Cc3ccccc3)c3ccccc3)CC2)cc1. The van der Waals surface area contributed by atoms with Crippen LogP contribution in [0, 0.1) is 0 Å². The van der Waals surface area contributed by atoms with E-state index in [1.807, 2.05) is 48.5 Å². The Hall–Kier alpha value is -3.31. The van der Waals surface area contributed by atoms with E-state index in [1.54, 1.807) is 7.11 Å². The van der Waals surface area contributed by atoms with Gasteiger partial charge in [0.2, 0.25) is 0 Å². The Morgan fingerprint density at radius 1 is 0.938 bits per heavy atom. The van der Waals surface area contributed by atoms with Crippen LogP contribution in [0.5, 0.6) is 5.75 Å². The fourth-order valence-electron chi connectivity index (χ4n) is 4.31. The van der Waals surface area contributed by atoms with E-state index < -0.39 is 0 Å². The van der Waals surface area contributed by atoms with Crippen molar-refractivity contribution < 1.29 is 14.4 Å². The van der Waals surface area contributed by atoms with Crippen molar-refractivity contribution in [2.24, 2.45) is 0 Å². The highest BCUT2D eigenvalue weighted by Gasteiger charge is 2.24. The van der Waals surface area contributed by atoms with Gasteiger partial charge in [-0.15, -0.1) is 0 Å². The Bertz CT molecular complexity index is 969. The number of anilines is 1. The lowest BCUT2D eigenvalue weighted by Gasteiger charge is -2.33. The first-order valence-corrected chi connectivity index (χ1v) is 11.3. The van der Waals surface area contributed by atoms with Gasteiger partial charge < -0.3 is 19.9 Å². The predicted molar refractivity (Wildman–Crippen MR) is 128 cm³/mol. The zero-order chi connectivity index (χ0) is 22.2. The Morgan fingerprint density at radius 3 is 2.19 bits per heavy atom. The summed E-state index contributed by atoms with van der Waals surface area (Å²) >= 11 is 0. The number of amides is 1. The summed E-state index contributed by atoms with van der Waals surface area (Å²) in [6, 6.07) is 28.8. The number of quaternary nitrogens is 1. The van der Waals surface area contributed by atoms with Crippen LogP contribution in [0.2, 0.25) is 0 Å². The molecule has 0 aromatic heterocycles. The molecule has 0 spiro atoms. The minimum Gasteiger partial charge on any atom is -0.497 e. The van der Waals surface area contributed by atoms with E-state index in [9.17, 15) is 4.79 Å². The topological polar surface area (TPSA) is 46.0 Å². The summed E-state index contributed by atoms with van der Waals surface area (Å²) in [5.74, 6) is 0.987. The molecule has 1 aliphatic rings. The molecule has 0 saturated carbocycles. The van der Waals surface area contributed by atoms with Gasteiger partial charge in [0.1, 0.15) is 5.75 Å². The van der Waals surface area contributed by atoms with Crippen LogP contribution in [0.25, 0.3) is 0 Å². The molecular weight excluding hydrogens is 398 g/mol. The monoisotopic (exact) mass is 430 g/mol. The van der Waals surface area contributed by atoms with Crippen molar-refractivity contribution in [3.63, 3.8) is 0 Å². The molecule has 5 heteroatoms. The van der Waals surface area contributed by atoms with Crippen molar-refractivity contribution in [3.05, 3.63) is 96.1 Å². The number of nitrogens with one attached hydrogen (secondary N) is 2. The van der Waals surface area contributed by atoms with Gasteiger partial charge in [-0.1, -0.05) is 60.7 Å². The van der Waals surface area contributed by atoms with E-state index in [-0.39, 0.29) is 11.9 Å². The highest BCUT2D eigenvalue weighted by molar-refractivity contribution is 5.77. The van der Waals surface area contributed by atoms with Crippen LogP contribution >= 0.6 is 0 Å². The molecule has 1 heterocycles. The van der Waals surface area contributed by atoms with Gasteiger partial charge in [-0.25, -0.2) is 0 Å². The van der Waals surface area contributed by atoms with Crippen LogP contribution in [-0.2, 0) is 11.2 Å². The van der Waals surface area contributed by atoms with Crippen molar-refractivity contribution >= 4 is 11.6 Å². The number of carbonyl (C=O) groups is 1. The van der Waals surface area contributed by atoms with Crippen LogP contribution in [-0.4, -0.2) is 45.7 Å². The number of benzene rings is 3. The second kappa shape index (κ2) is 10.8. The molecular formula is C27H32N3O2+. The van der Waals surface area contributed by atoms with Gasteiger partial charge >= 0.3 is 0 Å². The van der Waals surface area contributed by atoms with Crippen LogP contribution < -0.4 is 19.9 Å². The molecule has 3 aromatic rings. The predicted octanol–water partition coefficient (Wildman–Crippen LogP) is 2.50. The maximum Gasteiger partial charge on any atom is 0.275 e. The lowest BCUT2D eigenvalue weighted by molar-refractivity contribution is -0.892. The van der Waals surface area contributed by atoms with E-state index in [0.29, 0.717) is 6.54 Å². The normalized spacial score (nSPS) is 15.2. The molecule has 0 unspecified atom stereocenters. The van der Waals surface area contributed by atoms with Gasteiger partial charge in [0.25, 0.3) is 5.91 Å². The number of piperazine rings is 1. The number of hydrogen-bond donors (Lipinski definition) is 2. The van der Waals surface area contributed by atoms with Crippen LogP contribution in [0.15, 0.2) is 84.9 Å². The summed E-state index contributed by atoms with van der Waals surface area (Å²) in [7, 11) is 1.68. The number of nitrogens with zero attached hydrogens (tertiary/aromatic N) is 1. The zero-order valence-electron chi connectivity index (χ0n) is 18.7. The maximum absolute atomic E-state index is 12.9. The molecule has 166 valence electrons. The largest absolute Gasteiger partial charge is 0.497 e. The molecule has 5 nitrogen and oxygen atoms in total. The first kappa shape index (κ1) is 21.9. The maximum atomic E-state index is 12.9. The van der Waals surface area contributed by atoms with Crippen LogP contribution in [0.3, 0.4) is 0 Å². The highest BCUT2D eigenvalue weighted by Crippen LogP contribution is 2.19. The summed E-state index contributed by atoms with van der Waals surface area (Å²) < 4.78 is 5.25. The first-order valence-electron chi connectivity index (χ1n) is 11.3. The minimum absolute atomic E-state index is 0.0221. The van der Waals surface area contributed by atoms with E-state index >= 15 is 0 Å². The van der Waals surface area contributed by atoms with E-state index in [4.69, 9.17) is 4.74 Å². The number of ether oxygens (including phenoxy) is 1. The molecule has 0 radical (unpaired) electrons. The molecule has 1 amide bonds. The molecule has 3 aromatic carbocycles. The number of hydrogen-bond acceptors (Lipinski definition) is 3. The molecule has 1 aliphatic heterocycles. The van der Waals surface area contributed by atoms with Crippen LogP contribution in [0.1, 0.15) is 17.2 Å². The van der Waals surface area contributed by atoms with Crippen molar-refractivity contribution in [2.75, 3.05) is 44.7 Å². The van der Waals surface area contributed by atoms with Gasteiger partial charge in [-0.2, -0.15) is 0 Å². The second-order valence-electron chi connectivity index (χ2n) is 8.33. The van der Waals surface area contributed by atoms with Gasteiger partial charge in [0.05, 0.1) is 39.3 Å². The summed E-state index contributed by atoms with van der Waals surface area (Å²) in [4.78, 5) is 16.7. The molecule has 0 aliphatic carbocycles. The van der Waals surface area contributed by atoms with Gasteiger partial charge in [0, 0.05) is 5.69 Å². The lowest BCUT2D eigenvalue weighted by atomic mass is 9.99. The highest BCUT2D eigenvalue weighted by atomic mass is 16.5. The zero-order valence-corrected chi connectivity index (χ0v) is 18.7. The van der Waals surface area contributed by atoms with Crippen molar-refractivity contribution in [1.82, 2.24) is 5.32 Å². The van der Waals surface area contributed by atoms with E-state index in [2.05, 4.69) is 46.6 Å². The minimum atomic E-state index is -0.0221. The van der Waals surface area contributed by atoms with Gasteiger partial charge in [-0.3, -0.25) is 4.79 Å². The molecule has 1 atom stereocenters. The van der Waals surface area contributed by atoms with Crippen molar-refractivity contribution in [3.8, 4) is 5.75 Å². The van der Waals surface area contributed by atoms with Gasteiger partial charge in [-0.05, 0) is 41.8 Å². The standard InChI is InChI=1S/C27H31N3O2/c1-32-25-14-12-24(13-15-25)30-18-16-29(17-19-30)21-27(31)28-26(23-10-6-3-7-11-23)20-22-8-4-2-5-9-22/h2-15,26H,16-21H2,1H3,(H,28,31)/p+1/t26-/m0/s1. The third-order valence-corrected chi connectivity index (χ3v) is 6.14. The molecule has 32 heavy (non-hydrogen) atoms. The van der Waals surface area contributed by atoms with Crippen molar-refractivity contribution in [1.29, 1.82) is 0 Å². The fraction of sp³-hybridized carbons (Fsp3) is 0.296.